The minimum Gasteiger partial charge on any atom is -0.383 e. The standard InChI is InChI=1S/C20H26N4O3/c1-14(13-27-2)23-19(25)15-6-8-24(9-7-15)20(26)17-5-3-4-16(10-17)18-11-21-22-12-18/h3-5,10-12,14-15H,6-9,13H2,1-2H3,(H,21,22)(H,23,25). The van der Waals surface area contributed by atoms with Gasteiger partial charge in [0, 0.05) is 49.5 Å². The van der Waals surface area contributed by atoms with E-state index in [0.717, 1.165) is 11.1 Å². The molecule has 7 heteroatoms. The highest BCUT2D eigenvalue weighted by Gasteiger charge is 2.28. The topological polar surface area (TPSA) is 87.3 Å². The molecule has 0 spiro atoms. The van der Waals surface area contributed by atoms with Crippen molar-refractivity contribution in [1.29, 1.82) is 0 Å². The van der Waals surface area contributed by atoms with Crippen molar-refractivity contribution in [3.05, 3.63) is 42.2 Å². The van der Waals surface area contributed by atoms with E-state index in [1.54, 1.807) is 19.5 Å². The molecule has 1 aliphatic heterocycles. The molecular formula is C20H26N4O3. The zero-order valence-corrected chi connectivity index (χ0v) is 15.8. The smallest absolute Gasteiger partial charge is 0.253 e. The summed E-state index contributed by atoms with van der Waals surface area (Å²) in [6, 6.07) is 7.55. The van der Waals surface area contributed by atoms with Gasteiger partial charge in [-0.1, -0.05) is 12.1 Å². The van der Waals surface area contributed by atoms with Crippen LogP contribution in [0.5, 0.6) is 0 Å². The quantitative estimate of drug-likeness (QED) is 0.815. The lowest BCUT2D eigenvalue weighted by molar-refractivity contribution is -0.127. The molecule has 0 aliphatic carbocycles. The lowest BCUT2D eigenvalue weighted by Crippen LogP contribution is -2.45. The van der Waals surface area contributed by atoms with Gasteiger partial charge in [0.2, 0.25) is 5.91 Å². The number of amides is 2. The van der Waals surface area contributed by atoms with E-state index in [4.69, 9.17) is 4.74 Å². The molecule has 0 saturated carbocycles. The van der Waals surface area contributed by atoms with Gasteiger partial charge in [-0.3, -0.25) is 14.7 Å². The van der Waals surface area contributed by atoms with Gasteiger partial charge in [0.05, 0.1) is 12.8 Å². The highest BCUT2D eigenvalue weighted by Crippen LogP contribution is 2.22. The summed E-state index contributed by atoms with van der Waals surface area (Å²) in [6.45, 7) is 3.60. The molecule has 144 valence electrons. The molecule has 3 rings (SSSR count). The monoisotopic (exact) mass is 370 g/mol. The number of ether oxygens (including phenoxy) is 1. The van der Waals surface area contributed by atoms with Crippen LogP contribution in [0, 0.1) is 5.92 Å². The molecule has 1 aromatic heterocycles. The predicted molar refractivity (Wildman–Crippen MR) is 102 cm³/mol. The minimum absolute atomic E-state index is 0.00644. The Morgan fingerprint density at radius 3 is 2.78 bits per heavy atom. The van der Waals surface area contributed by atoms with Gasteiger partial charge in [0.15, 0.2) is 0 Å². The van der Waals surface area contributed by atoms with Crippen LogP contribution in [-0.2, 0) is 9.53 Å². The molecular weight excluding hydrogens is 344 g/mol. The van der Waals surface area contributed by atoms with E-state index in [2.05, 4.69) is 15.5 Å². The number of H-pyrrole nitrogens is 1. The number of methoxy groups -OCH3 is 1. The van der Waals surface area contributed by atoms with Crippen LogP contribution in [-0.4, -0.2) is 59.8 Å². The van der Waals surface area contributed by atoms with E-state index < -0.39 is 0 Å². The van der Waals surface area contributed by atoms with E-state index >= 15 is 0 Å². The zero-order valence-electron chi connectivity index (χ0n) is 15.8. The maximum atomic E-state index is 12.8. The summed E-state index contributed by atoms with van der Waals surface area (Å²) >= 11 is 0. The van der Waals surface area contributed by atoms with Crippen molar-refractivity contribution in [2.45, 2.75) is 25.8 Å². The van der Waals surface area contributed by atoms with Gasteiger partial charge in [-0.25, -0.2) is 0 Å². The van der Waals surface area contributed by atoms with E-state index in [0.29, 0.717) is 38.1 Å². The molecule has 1 atom stereocenters. The largest absolute Gasteiger partial charge is 0.383 e. The van der Waals surface area contributed by atoms with Gasteiger partial charge in [-0.2, -0.15) is 5.10 Å². The van der Waals surface area contributed by atoms with E-state index in [1.807, 2.05) is 36.1 Å². The number of likely N-dealkylation sites (tertiary alicyclic amines) is 1. The number of carbonyl (C=O) groups excluding carboxylic acids is 2. The number of nitrogens with one attached hydrogen (secondary N) is 2. The molecule has 1 unspecified atom stereocenters. The molecule has 1 saturated heterocycles. The van der Waals surface area contributed by atoms with Gasteiger partial charge in [0.25, 0.3) is 5.91 Å². The number of carbonyl (C=O) groups is 2. The van der Waals surface area contributed by atoms with Crippen LogP contribution >= 0.6 is 0 Å². The summed E-state index contributed by atoms with van der Waals surface area (Å²) in [7, 11) is 1.62. The number of piperidine rings is 1. The first kappa shape index (κ1) is 19.1. The second kappa shape index (κ2) is 8.81. The second-order valence-electron chi connectivity index (χ2n) is 7.00. The average Bonchev–Trinajstić information content (AvgIpc) is 3.23. The molecule has 1 aromatic carbocycles. The first-order chi connectivity index (χ1) is 13.1. The van der Waals surface area contributed by atoms with Crippen LogP contribution < -0.4 is 5.32 Å². The Hall–Kier alpha value is -2.67. The summed E-state index contributed by atoms with van der Waals surface area (Å²) in [5.74, 6) is 0.00572. The number of hydrogen-bond donors (Lipinski definition) is 2. The maximum absolute atomic E-state index is 12.8. The third-order valence-electron chi connectivity index (χ3n) is 4.90. The number of hydrogen-bond acceptors (Lipinski definition) is 4. The number of aromatic amines is 1. The first-order valence-electron chi connectivity index (χ1n) is 9.26. The third-order valence-corrected chi connectivity index (χ3v) is 4.90. The highest BCUT2D eigenvalue weighted by atomic mass is 16.5. The maximum Gasteiger partial charge on any atom is 0.253 e. The molecule has 0 bridgehead atoms. The van der Waals surface area contributed by atoms with Crippen LogP contribution in [0.1, 0.15) is 30.1 Å². The highest BCUT2D eigenvalue weighted by molar-refractivity contribution is 5.95. The lowest BCUT2D eigenvalue weighted by atomic mass is 9.95. The summed E-state index contributed by atoms with van der Waals surface area (Å²) in [6.07, 6.45) is 4.90. The molecule has 0 radical (unpaired) electrons. The Bertz CT molecular complexity index is 767. The van der Waals surface area contributed by atoms with Crippen LogP contribution in [0.2, 0.25) is 0 Å². The fourth-order valence-electron chi connectivity index (χ4n) is 3.42. The summed E-state index contributed by atoms with van der Waals surface area (Å²) in [4.78, 5) is 27.0. The Morgan fingerprint density at radius 2 is 2.11 bits per heavy atom. The number of benzene rings is 1. The normalized spacial score (nSPS) is 16.1. The molecule has 27 heavy (non-hydrogen) atoms. The number of nitrogens with zero attached hydrogens (tertiary/aromatic N) is 2. The van der Waals surface area contributed by atoms with Gasteiger partial charge < -0.3 is 15.0 Å². The van der Waals surface area contributed by atoms with Gasteiger partial charge in [0.1, 0.15) is 0 Å². The third kappa shape index (κ3) is 4.74. The average molecular weight is 370 g/mol. The Morgan fingerprint density at radius 1 is 1.33 bits per heavy atom. The summed E-state index contributed by atoms with van der Waals surface area (Å²) in [5.41, 5.74) is 2.56. The Labute approximate surface area is 159 Å². The number of aromatic nitrogens is 2. The fraction of sp³-hybridized carbons (Fsp3) is 0.450. The molecule has 1 fully saturated rings. The molecule has 2 aromatic rings. The van der Waals surface area contributed by atoms with E-state index in [9.17, 15) is 9.59 Å². The van der Waals surface area contributed by atoms with Gasteiger partial charge >= 0.3 is 0 Å². The zero-order chi connectivity index (χ0) is 19.2. The van der Waals surface area contributed by atoms with Crippen molar-refractivity contribution in [1.82, 2.24) is 20.4 Å². The molecule has 2 heterocycles. The van der Waals surface area contributed by atoms with Gasteiger partial charge in [-0.05, 0) is 37.5 Å². The minimum atomic E-state index is -0.0504. The summed E-state index contributed by atoms with van der Waals surface area (Å²) in [5, 5.41) is 9.71. The van der Waals surface area contributed by atoms with Crippen molar-refractivity contribution in [2.75, 3.05) is 26.8 Å². The van der Waals surface area contributed by atoms with Crippen molar-refractivity contribution >= 4 is 11.8 Å². The Kier molecular flexibility index (Phi) is 6.24. The molecule has 7 nitrogen and oxygen atoms in total. The SMILES string of the molecule is COCC(C)NC(=O)C1CCN(C(=O)c2cccc(-c3cn[nH]c3)c2)CC1. The fourth-order valence-corrected chi connectivity index (χ4v) is 3.42. The van der Waals surface area contributed by atoms with Crippen LogP contribution in [0.4, 0.5) is 0 Å². The van der Waals surface area contributed by atoms with Crippen molar-refractivity contribution in [2.24, 2.45) is 5.92 Å². The second-order valence-corrected chi connectivity index (χ2v) is 7.00. The van der Waals surface area contributed by atoms with Crippen molar-refractivity contribution in [3.8, 4) is 11.1 Å². The number of rotatable bonds is 6. The molecule has 1 aliphatic rings. The van der Waals surface area contributed by atoms with Crippen molar-refractivity contribution in [3.63, 3.8) is 0 Å². The van der Waals surface area contributed by atoms with Crippen LogP contribution in [0.3, 0.4) is 0 Å². The molecule has 2 N–H and O–H groups in total. The van der Waals surface area contributed by atoms with E-state index in [-0.39, 0.29) is 23.8 Å². The Balaban J connectivity index is 1.57. The lowest BCUT2D eigenvalue weighted by Gasteiger charge is -2.32. The predicted octanol–water partition coefficient (Wildman–Crippen LogP) is 2.08. The van der Waals surface area contributed by atoms with Crippen LogP contribution in [0.25, 0.3) is 11.1 Å². The van der Waals surface area contributed by atoms with Crippen LogP contribution in [0.15, 0.2) is 36.7 Å². The van der Waals surface area contributed by atoms with Crippen molar-refractivity contribution < 1.29 is 14.3 Å². The summed E-state index contributed by atoms with van der Waals surface area (Å²) < 4.78 is 5.05. The van der Waals surface area contributed by atoms with E-state index in [1.165, 1.54) is 0 Å². The first-order valence-corrected chi connectivity index (χ1v) is 9.26. The molecule has 2 amide bonds. The van der Waals surface area contributed by atoms with Gasteiger partial charge in [-0.15, -0.1) is 0 Å².